The lowest BCUT2D eigenvalue weighted by atomic mass is 10.1. The number of halogens is 1. The maximum Gasteiger partial charge on any atom is 0.255 e. The Morgan fingerprint density at radius 2 is 1.75 bits per heavy atom. The van der Waals surface area contributed by atoms with Gasteiger partial charge in [0.05, 0.1) is 10.7 Å². The van der Waals surface area contributed by atoms with E-state index in [1.54, 1.807) is 19.2 Å². The Hall–Kier alpha value is -2.54. The summed E-state index contributed by atoms with van der Waals surface area (Å²) in [4.78, 5) is 12.7. The largest absolute Gasteiger partial charge is 0.493 e. The van der Waals surface area contributed by atoms with Crippen LogP contribution < -0.4 is 14.8 Å². The first-order chi connectivity index (χ1) is 13.5. The molecule has 0 atom stereocenters. The van der Waals surface area contributed by atoms with Gasteiger partial charge in [-0.15, -0.1) is 0 Å². The lowest BCUT2D eigenvalue weighted by Crippen LogP contribution is -2.13. The minimum absolute atomic E-state index is 0.188. The maximum atomic E-state index is 12.7. The zero-order valence-corrected chi connectivity index (χ0v) is 18.2. The Morgan fingerprint density at radius 3 is 2.43 bits per heavy atom. The van der Waals surface area contributed by atoms with E-state index in [1.165, 1.54) is 5.56 Å². The molecule has 0 aromatic heterocycles. The molecule has 0 aliphatic rings. The van der Waals surface area contributed by atoms with Gasteiger partial charge in [-0.25, -0.2) is 0 Å². The van der Waals surface area contributed by atoms with Crippen LogP contribution in [0.1, 0.15) is 27.0 Å². The average Bonchev–Trinajstić information content (AvgIpc) is 2.67. The topological polar surface area (TPSA) is 47.6 Å². The van der Waals surface area contributed by atoms with Crippen molar-refractivity contribution in [2.75, 3.05) is 12.4 Å². The molecule has 3 rings (SSSR count). The van der Waals surface area contributed by atoms with Gasteiger partial charge in [0.2, 0.25) is 0 Å². The quantitative estimate of drug-likeness (QED) is 0.451. The number of methoxy groups -OCH3 is 1. The minimum Gasteiger partial charge on any atom is -0.493 e. The van der Waals surface area contributed by atoms with E-state index in [1.807, 2.05) is 43.3 Å². The second-order valence-corrected chi connectivity index (χ2v) is 7.75. The molecule has 0 spiro atoms. The van der Waals surface area contributed by atoms with Crippen molar-refractivity contribution in [1.29, 1.82) is 0 Å². The van der Waals surface area contributed by atoms with Gasteiger partial charge in [-0.1, -0.05) is 42.0 Å². The first kappa shape index (κ1) is 20.2. The third-order valence-corrected chi connectivity index (χ3v) is 5.07. The van der Waals surface area contributed by atoms with Crippen LogP contribution in [0.5, 0.6) is 11.5 Å². The standard InChI is InChI=1S/C23H22INO3/c1-15-7-9-17(10-8-15)14-28-22-20(24)12-18(13-21(22)27-3)23(26)25-19-6-4-5-16(2)11-19/h4-13H,14H2,1-3H3,(H,25,26). The van der Waals surface area contributed by atoms with Crippen LogP contribution in [-0.4, -0.2) is 13.0 Å². The van der Waals surface area contributed by atoms with Crippen LogP contribution >= 0.6 is 22.6 Å². The lowest BCUT2D eigenvalue weighted by Gasteiger charge is -2.15. The van der Waals surface area contributed by atoms with Crippen LogP contribution in [0.15, 0.2) is 60.7 Å². The molecule has 5 heteroatoms. The number of hydrogen-bond acceptors (Lipinski definition) is 3. The number of aryl methyl sites for hydroxylation is 2. The third kappa shape index (κ3) is 5.04. The molecule has 3 aromatic carbocycles. The summed E-state index contributed by atoms with van der Waals surface area (Å²) in [5, 5.41) is 2.92. The highest BCUT2D eigenvalue weighted by atomic mass is 127. The molecule has 0 fully saturated rings. The summed E-state index contributed by atoms with van der Waals surface area (Å²) in [7, 11) is 1.58. The molecule has 1 amide bonds. The average molecular weight is 487 g/mol. The van der Waals surface area contributed by atoms with Gasteiger partial charge in [0.15, 0.2) is 11.5 Å². The first-order valence-electron chi connectivity index (χ1n) is 8.90. The fraction of sp³-hybridized carbons (Fsp3) is 0.174. The predicted octanol–water partition coefficient (Wildman–Crippen LogP) is 5.75. The Kier molecular flexibility index (Phi) is 6.57. The van der Waals surface area contributed by atoms with Crippen molar-refractivity contribution in [2.24, 2.45) is 0 Å². The van der Waals surface area contributed by atoms with Gasteiger partial charge in [-0.3, -0.25) is 4.79 Å². The molecular formula is C23H22INO3. The number of rotatable bonds is 6. The molecule has 0 aliphatic heterocycles. The first-order valence-corrected chi connectivity index (χ1v) is 9.98. The Morgan fingerprint density at radius 1 is 1.00 bits per heavy atom. The Bertz CT molecular complexity index is 984. The van der Waals surface area contributed by atoms with Crippen molar-refractivity contribution in [1.82, 2.24) is 0 Å². The Labute approximate surface area is 179 Å². The summed E-state index contributed by atoms with van der Waals surface area (Å²) in [6.45, 7) is 4.47. The van der Waals surface area contributed by atoms with Crippen LogP contribution in [0.25, 0.3) is 0 Å². The number of nitrogens with one attached hydrogen (secondary N) is 1. The molecule has 0 radical (unpaired) electrons. The van der Waals surface area contributed by atoms with Crippen molar-refractivity contribution in [3.8, 4) is 11.5 Å². The maximum absolute atomic E-state index is 12.7. The van der Waals surface area contributed by atoms with Gasteiger partial charge < -0.3 is 14.8 Å². The summed E-state index contributed by atoms with van der Waals surface area (Å²) in [6.07, 6.45) is 0. The van der Waals surface area contributed by atoms with E-state index in [0.29, 0.717) is 23.7 Å². The molecule has 0 aliphatic carbocycles. The fourth-order valence-electron chi connectivity index (χ4n) is 2.76. The van der Waals surface area contributed by atoms with Crippen LogP contribution in [0, 0.1) is 17.4 Å². The highest BCUT2D eigenvalue weighted by molar-refractivity contribution is 14.1. The fourth-order valence-corrected chi connectivity index (χ4v) is 3.51. The smallest absolute Gasteiger partial charge is 0.255 e. The molecule has 3 aromatic rings. The molecule has 28 heavy (non-hydrogen) atoms. The van der Waals surface area contributed by atoms with Crippen molar-refractivity contribution in [3.63, 3.8) is 0 Å². The lowest BCUT2D eigenvalue weighted by molar-refractivity contribution is 0.102. The molecule has 4 nitrogen and oxygen atoms in total. The molecule has 1 N–H and O–H groups in total. The minimum atomic E-state index is -0.188. The van der Waals surface area contributed by atoms with Gasteiger partial charge in [-0.2, -0.15) is 0 Å². The second kappa shape index (κ2) is 9.10. The molecule has 0 unspecified atom stereocenters. The number of ether oxygens (including phenoxy) is 2. The normalized spacial score (nSPS) is 10.4. The van der Waals surface area contributed by atoms with E-state index in [4.69, 9.17) is 9.47 Å². The summed E-state index contributed by atoms with van der Waals surface area (Å²) in [5.74, 6) is 0.982. The highest BCUT2D eigenvalue weighted by Crippen LogP contribution is 2.34. The van der Waals surface area contributed by atoms with Crippen molar-refractivity contribution >= 4 is 34.2 Å². The van der Waals surface area contributed by atoms with Crippen molar-refractivity contribution < 1.29 is 14.3 Å². The summed E-state index contributed by atoms with van der Waals surface area (Å²) >= 11 is 2.17. The van der Waals surface area contributed by atoms with Crippen LogP contribution in [0.4, 0.5) is 5.69 Å². The molecule has 0 heterocycles. The third-order valence-electron chi connectivity index (χ3n) is 4.27. The highest BCUT2D eigenvalue weighted by Gasteiger charge is 2.16. The number of hydrogen-bond donors (Lipinski definition) is 1. The molecule has 0 bridgehead atoms. The van der Waals surface area contributed by atoms with Crippen LogP contribution in [-0.2, 0) is 6.61 Å². The van der Waals surface area contributed by atoms with Gasteiger partial charge in [0.25, 0.3) is 5.91 Å². The number of carbonyl (C=O) groups excluding carboxylic acids is 1. The number of benzene rings is 3. The van der Waals surface area contributed by atoms with E-state index in [2.05, 4.69) is 47.0 Å². The summed E-state index contributed by atoms with van der Waals surface area (Å²) in [5.41, 5.74) is 4.65. The van der Waals surface area contributed by atoms with E-state index in [-0.39, 0.29) is 5.91 Å². The Balaban J connectivity index is 1.78. The predicted molar refractivity (Wildman–Crippen MR) is 120 cm³/mol. The molecular weight excluding hydrogens is 465 g/mol. The van der Waals surface area contributed by atoms with Crippen LogP contribution in [0.3, 0.4) is 0 Å². The monoisotopic (exact) mass is 487 g/mol. The van der Waals surface area contributed by atoms with E-state index in [9.17, 15) is 4.79 Å². The van der Waals surface area contributed by atoms with Gasteiger partial charge in [-0.05, 0) is 71.8 Å². The van der Waals surface area contributed by atoms with Crippen molar-refractivity contribution in [3.05, 3.63) is 86.5 Å². The van der Waals surface area contributed by atoms with E-state index >= 15 is 0 Å². The zero-order valence-electron chi connectivity index (χ0n) is 16.1. The van der Waals surface area contributed by atoms with E-state index < -0.39 is 0 Å². The molecule has 0 saturated carbocycles. The molecule has 144 valence electrons. The van der Waals surface area contributed by atoms with Gasteiger partial charge >= 0.3 is 0 Å². The summed E-state index contributed by atoms with van der Waals surface area (Å²) in [6, 6.07) is 19.4. The van der Waals surface area contributed by atoms with Crippen LogP contribution in [0.2, 0.25) is 0 Å². The zero-order chi connectivity index (χ0) is 20.1. The summed E-state index contributed by atoms with van der Waals surface area (Å²) < 4.78 is 12.3. The van der Waals surface area contributed by atoms with Gasteiger partial charge in [0.1, 0.15) is 6.61 Å². The number of anilines is 1. The van der Waals surface area contributed by atoms with Gasteiger partial charge in [0, 0.05) is 11.3 Å². The van der Waals surface area contributed by atoms with Crippen molar-refractivity contribution in [2.45, 2.75) is 20.5 Å². The SMILES string of the molecule is COc1cc(C(=O)Nc2cccc(C)c2)cc(I)c1OCc1ccc(C)cc1. The number of amides is 1. The second-order valence-electron chi connectivity index (χ2n) is 6.59. The van der Waals surface area contributed by atoms with E-state index in [0.717, 1.165) is 20.4 Å². The number of carbonyl (C=O) groups is 1. The molecule has 0 saturated heterocycles.